The molecule has 1 heterocycles. The van der Waals surface area contributed by atoms with Crippen LogP contribution in [0.15, 0.2) is 0 Å². The third-order valence-corrected chi connectivity index (χ3v) is 3.30. The van der Waals surface area contributed by atoms with Crippen molar-refractivity contribution in [1.82, 2.24) is 9.03 Å². The Labute approximate surface area is 73.1 Å². The predicted molar refractivity (Wildman–Crippen MR) is 46.8 cm³/mol. The van der Waals surface area contributed by atoms with Gasteiger partial charge >= 0.3 is 0 Å². The minimum Gasteiger partial charge on any atom is -0.325 e. The molecule has 1 saturated heterocycles. The molecule has 1 aliphatic heterocycles. The van der Waals surface area contributed by atoms with E-state index < -0.39 is 10.2 Å². The fraction of sp³-hybridized carbons (Fsp3) is 1.00. The van der Waals surface area contributed by atoms with Crippen LogP contribution < -0.4 is 10.5 Å². The first kappa shape index (κ1) is 9.91. The van der Waals surface area contributed by atoms with Crippen LogP contribution in [0.1, 0.15) is 13.3 Å². The minimum atomic E-state index is -3.22. The van der Waals surface area contributed by atoms with Crippen LogP contribution in [0.4, 0.5) is 0 Å². The fourth-order valence-corrected chi connectivity index (χ4v) is 2.41. The van der Waals surface area contributed by atoms with Gasteiger partial charge in [0.2, 0.25) is 0 Å². The molecule has 3 N–H and O–H groups in total. The van der Waals surface area contributed by atoms with Gasteiger partial charge in [0, 0.05) is 25.7 Å². The first-order chi connectivity index (χ1) is 5.56. The van der Waals surface area contributed by atoms with Crippen LogP contribution in [0.3, 0.4) is 0 Å². The molecule has 0 atom stereocenters. The third-order valence-electron chi connectivity index (χ3n) is 1.75. The Bertz CT molecular complexity index is 233. The maximum Gasteiger partial charge on any atom is 0.279 e. The van der Waals surface area contributed by atoms with E-state index in [0.717, 1.165) is 6.42 Å². The smallest absolute Gasteiger partial charge is 0.279 e. The van der Waals surface area contributed by atoms with Crippen molar-refractivity contribution in [2.24, 2.45) is 5.73 Å². The molecule has 12 heavy (non-hydrogen) atoms. The number of nitrogens with zero attached hydrogens (tertiary/aromatic N) is 1. The maximum absolute atomic E-state index is 11.3. The lowest BCUT2D eigenvalue weighted by atomic mass is 10.2. The standard InChI is InChI=1S/C6H15N3O2S/c1-2-3-8-12(10,11)9-4-6(7)5-9/h6,8H,2-5,7H2,1H3. The van der Waals surface area contributed by atoms with E-state index in [1.807, 2.05) is 6.92 Å². The average Bonchev–Trinajstić information content (AvgIpc) is 1.95. The summed E-state index contributed by atoms with van der Waals surface area (Å²) in [5.41, 5.74) is 5.46. The van der Waals surface area contributed by atoms with Crippen molar-refractivity contribution in [3.8, 4) is 0 Å². The molecule has 5 nitrogen and oxygen atoms in total. The zero-order chi connectivity index (χ0) is 9.19. The van der Waals surface area contributed by atoms with Gasteiger partial charge in [0.15, 0.2) is 0 Å². The molecular formula is C6H15N3O2S. The Hall–Kier alpha value is -0.170. The zero-order valence-corrected chi connectivity index (χ0v) is 7.97. The highest BCUT2D eigenvalue weighted by Crippen LogP contribution is 2.09. The van der Waals surface area contributed by atoms with Crippen LogP contribution in [-0.2, 0) is 10.2 Å². The lowest BCUT2D eigenvalue weighted by Crippen LogP contribution is -2.60. The van der Waals surface area contributed by atoms with E-state index in [4.69, 9.17) is 5.73 Å². The molecule has 0 amide bonds. The highest BCUT2D eigenvalue weighted by atomic mass is 32.2. The van der Waals surface area contributed by atoms with Gasteiger partial charge in [-0.2, -0.15) is 12.7 Å². The summed E-state index contributed by atoms with van der Waals surface area (Å²) >= 11 is 0. The Kier molecular flexibility index (Phi) is 3.05. The summed E-state index contributed by atoms with van der Waals surface area (Å²) in [4.78, 5) is 0. The third kappa shape index (κ3) is 2.16. The van der Waals surface area contributed by atoms with Crippen molar-refractivity contribution in [1.29, 1.82) is 0 Å². The first-order valence-electron chi connectivity index (χ1n) is 4.06. The summed E-state index contributed by atoms with van der Waals surface area (Å²) in [5, 5.41) is 0. The lowest BCUT2D eigenvalue weighted by Gasteiger charge is -2.35. The van der Waals surface area contributed by atoms with Crippen molar-refractivity contribution in [3.05, 3.63) is 0 Å². The molecule has 1 rings (SSSR count). The summed E-state index contributed by atoms with van der Waals surface area (Å²) in [7, 11) is -3.22. The molecule has 1 fully saturated rings. The van der Waals surface area contributed by atoms with E-state index >= 15 is 0 Å². The monoisotopic (exact) mass is 193 g/mol. The van der Waals surface area contributed by atoms with Gasteiger partial charge in [0.05, 0.1) is 0 Å². The molecule has 0 aromatic carbocycles. The van der Waals surface area contributed by atoms with Crippen molar-refractivity contribution >= 4 is 10.2 Å². The molecule has 0 radical (unpaired) electrons. The number of nitrogens with one attached hydrogen (secondary N) is 1. The summed E-state index contributed by atoms with van der Waals surface area (Å²) in [6.45, 7) is 3.30. The zero-order valence-electron chi connectivity index (χ0n) is 7.16. The Morgan fingerprint density at radius 1 is 1.58 bits per heavy atom. The molecule has 0 saturated carbocycles. The van der Waals surface area contributed by atoms with E-state index in [9.17, 15) is 8.42 Å². The van der Waals surface area contributed by atoms with Crippen molar-refractivity contribution < 1.29 is 8.42 Å². The molecule has 0 spiro atoms. The molecule has 6 heteroatoms. The summed E-state index contributed by atoms with van der Waals surface area (Å²) in [6, 6.07) is 0.0169. The predicted octanol–water partition coefficient (Wildman–Crippen LogP) is -1.13. The second-order valence-corrected chi connectivity index (χ2v) is 4.73. The second-order valence-electron chi connectivity index (χ2n) is 2.98. The van der Waals surface area contributed by atoms with Gasteiger partial charge in [-0.15, -0.1) is 0 Å². The van der Waals surface area contributed by atoms with E-state index in [-0.39, 0.29) is 6.04 Å². The molecule has 1 aliphatic rings. The highest BCUT2D eigenvalue weighted by Gasteiger charge is 2.32. The highest BCUT2D eigenvalue weighted by molar-refractivity contribution is 7.87. The molecule has 0 aliphatic carbocycles. The second kappa shape index (κ2) is 3.69. The number of hydrogen-bond acceptors (Lipinski definition) is 3. The normalized spacial score (nSPS) is 20.8. The van der Waals surface area contributed by atoms with Crippen molar-refractivity contribution in [3.63, 3.8) is 0 Å². The minimum absolute atomic E-state index is 0.0169. The first-order valence-corrected chi connectivity index (χ1v) is 5.50. The van der Waals surface area contributed by atoms with Gasteiger partial charge in [-0.3, -0.25) is 0 Å². The maximum atomic E-state index is 11.3. The van der Waals surface area contributed by atoms with Gasteiger partial charge in [0.1, 0.15) is 0 Å². The average molecular weight is 193 g/mol. The van der Waals surface area contributed by atoms with E-state index in [0.29, 0.717) is 19.6 Å². The largest absolute Gasteiger partial charge is 0.325 e. The molecule has 0 unspecified atom stereocenters. The Morgan fingerprint density at radius 3 is 2.58 bits per heavy atom. The van der Waals surface area contributed by atoms with Crippen LogP contribution in [0, 0.1) is 0 Å². The topological polar surface area (TPSA) is 75.4 Å². The number of rotatable bonds is 4. The molecule has 72 valence electrons. The summed E-state index contributed by atoms with van der Waals surface area (Å²) < 4.78 is 26.4. The van der Waals surface area contributed by atoms with E-state index in [1.54, 1.807) is 0 Å². The number of nitrogens with two attached hydrogens (primary N) is 1. The van der Waals surface area contributed by atoms with E-state index in [2.05, 4.69) is 4.72 Å². The Balaban J connectivity index is 2.39. The molecular weight excluding hydrogens is 178 g/mol. The fourth-order valence-electron chi connectivity index (χ4n) is 0.988. The Morgan fingerprint density at radius 2 is 2.17 bits per heavy atom. The van der Waals surface area contributed by atoms with Crippen molar-refractivity contribution in [2.45, 2.75) is 19.4 Å². The van der Waals surface area contributed by atoms with Gasteiger partial charge in [-0.05, 0) is 6.42 Å². The number of hydrogen-bond donors (Lipinski definition) is 2. The van der Waals surface area contributed by atoms with Crippen LogP contribution in [0.2, 0.25) is 0 Å². The van der Waals surface area contributed by atoms with Crippen LogP contribution in [-0.4, -0.2) is 38.4 Å². The summed E-state index contributed by atoms with van der Waals surface area (Å²) in [5.74, 6) is 0. The van der Waals surface area contributed by atoms with Crippen LogP contribution in [0.25, 0.3) is 0 Å². The quantitative estimate of drug-likeness (QED) is 0.593. The van der Waals surface area contributed by atoms with Gasteiger partial charge in [0.25, 0.3) is 10.2 Å². The lowest BCUT2D eigenvalue weighted by molar-refractivity contribution is 0.262. The van der Waals surface area contributed by atoms with Crippen LogP contribution in [0.5, 0.6) is 0 Å². The molecule has 0 aromatic heterocycles. The van der Waals surface area contributed by atoms with Gasteiger partial charge in [-0.1, -0.05) is 6.92 Å². The van der Waals surface area contributed by atoms with Crippen LogP contribution >= 0.6 is 0 Å². The molecule has 0 bridgehead atoms. The molecule has 0 aromatic rings. The van der Waals surface area contributed by atoms with Crippen molar-refractivity contribution in [2.75, 3.05) is 19.6 Å². The van der Waals surface area contributed by atoms with Gasteiger partial charge in [-0.25, -0.2) is 4.72 Å². The van der Waals surface area contributed by atoms with E-state index in [1.165, 1.54) is 4.31 Å². The van der Waals surface area contributed by atoms with Gasteiger partial charge < -0.3 is 5.73 Å². The summed E-state index contributed by atoms with van der Waals surface area (Å²) in [6.07, 6.45) is 0.805. The SMILES string of the molecule is CCCNS(=O)(=O)N1CC(N)C1.